The number of rotatable bonds is 2. The highest BCUT2D eigenvalue weighted by Gasteiger charge is 2.14. The molecule has 0 aliphatic rings. The maximum Gasteiger partial charge on any atom is 0.148 e. The molecule has 0 unspecified atom stereocenters. The molecule has 17 heavy (non-hydrogen) atoms. The van der Waals surface area contributed by atoms with E-state index >= 15 is 0 Å². The minimum atomic E-state index is -0.598. The van der Waals surface area contributed by atoms with Crippen LogP contribution in [0.2, 0.25) is 0 Å². The highest BCUT2D eigenvalue weighted by atomic mass is 79.9. The average Bonchev–Trinajstić information content (AvgIpc) is 2.35. The lowest BCUT2D eigenvalue weighted by atomic mass is 10.0. The summed E-state index contributed by atoms with van der Waals surface area (Å²) in [6, 6.07) is 9.48. The van der Waals surface area contributed by atoms with E-state index in [1.165, 1.54) is 12.1 Å². The first kappa shape index (κ1) is 12.2. The molecule has 1 nitrogen and oxygen atoms in total. The Morgan fingerprint density at radius 3 is 2.59 bits per heavy atom. The molecule has 2 aromatic rings. The van der Waals surface area contributed by atoms with Crippen molar-refractivity contribution in [3.05, 3.63) is 58.1 Å². The molecule has 0 atom stereocenters. The van der Waals surface area contributed by atoms with Crippen LogP contribution in [0, 0.1) is 11.6 Å². The summed E-state index contributed by atoms with van der Waals surface area (Å²) in [5.74, 6) is -1.18. The number of nitrogens with two attached hydrogens (primary N) is 1. The van der Waals surface area contributed by atoms with Gasteiger partial charge in [-0.2, -0.15) is 0 Å². The molecule has 88 valence electrons. The molecule has 2 aromatic carbocycles. The Bertz CT molecular complexity index is 555. The van der Waals surface area contributed by atoms with Gasteiger partial charge in [0.1, 0.15) is 11.6 Å². The average molecular weight is 298 g/mol. The van der Waals surface area contributed by atoms with Gasteiger partial charge in [0.05, 0.1) is 10.0 Å². The van der Waals surface area contributed by atoms with Gasteiger partial charge in [0.15, 0.2) is 0 Å². The second kappa shape index (κ2) is 4.94. The van der Waals surface area contributed by atoms with Crippen LogP contribution in [0.15, 0.2) is 40.9 Å². The van der Waals surface area contributed by atoms with Crippen molar-refractivity contribution < 1.29 is 8.78 Å². The lowest BCUT2D eigenvalue weighted by Crippen LogP contribution is -1.97. The monoisotopic (exact) mass is 297 g/mol. The first-order valence-corrected chi connectivity index (χ1v) is 5.85. The molecule has 0 fully saturated rings. The lowest BCUT2D eigenvalue weighted by molar-refractivity contribution is 0.585. The van der Waals surface area contributed by atoms with E-state index in [2.05, 4.69) is 15.9 Å². The van der Waals surface area contributed by atoms with Gasteiger partial charge in [0.25, 0.3) is 0 Å². The molecule has 2 N–H and O–H groups in total. The maximum absolute atomic E-state index is 13.9. The highest BCUT2D eigenvalue weighted by molar-refractivity contribution is 9.10. The third-order valence-electron chi connectivity index (χ3n) is 2.50. The summed E-state index contributed by atoms with van der Waals surface area (Å²) in [5, 5.41) is 0. The predicted molar refractivity (Wildman–Crippen MR) is 67.4 cm³/mol. The Hall–Kier alpha value is -1.26. The first-order valence-electron chi connectivity index (χ1n) is 5.06. The highest BCUT2D eigenvalue weighted by Crippen LogP contribution is 2.30. The van der Waals surface area contributed by atoms with Gasteiger partial charge in [0.2, 0.25) is 0 Å². The molecule has 0 saturated carbocycles. The Labute approximate surface area is 106 Å². The van der Waals surface area contributed by atoms with Crippen LogP contribution in [0.4, 0.5) is 8.78 Å². The molecule has 0 aromatic heterocycles. The summed E-state index contributed by atoms with van der Waals surface area (Å²) in [5.41, 5.74) is 6.80. The molecule has 0 radical (unpaired) electrons. The van der Waals surface area contributed by atoms with E-state index in [0.29, 0.717) is 12.1 Å². The Balaban J connectivity index is 2.63. The lowest BCUT2D eigenvalue weighted by Gasteiger charge is -2.08. The summed E-state index contributed by atoms with van der Waals surface area (Å²) >= 11 is 3.05. The standard InChI is InChI=1S/C13H10BrF2N/c14-10-4-5-11(15)12(13(10)16)9-3-1-2-8(6-9)7-17/h1-6H,7,17H2. The second-order valence-electron chi connectivity index (χ2n) is 3.62. The summed E-state index contributed by atoms with van der Waals surface area (Å²) in [4.78, 5) is 0. The Morgan fingerprint density at radius 2 is 1.88 bits per heavy atom. The molecule has 0 aliphatic carbocycles. The molecule has 0 heterocycles. The third kappa shape index (κ3) is 2.37. The van der Waals surface area contributed by atoms with Gasteiger partial charge >= 0.3 is 0 Å². The van der Waals surface area contributed by atoms with Crippen LogP contribution in [0.5, 0.6) is 0 Å². The van der Waals surface area contributed by atoms with Crippen molar-refractivity contribution in [3.8, 4) is 11.1 Å². The Kier molecular flexibility index (Phi) is 3.54. The van der Waals surface area contributed by atoms with Crippen molar-refractivity contribution in [2.45, 2.75) is 6.54 Å². The van der Waals surface area contributed by atoms with Gasteiger partial charge in [-0.05, 0) is 45.3 Å². The molecule has 4 heteroatoms. The van der Waals surface area contributed by atoms with Gasteiger partial charge in [0, 0.05) is 6.54 Å². The first-order chi connectivity index (χ1) is 8.13. The van der Waals surface area contributed by atoms with Crippen molar-refractivity contribution in [1.29, 1.82) is 0 Å². The number of halogens is 3. The van der Waals surface area contributed by atoms with Gasteiger partial charge in [-0.1, -0.05) is 18.2 Å². The summed E-state index contributed by atoms with van der Waals surface area (Å²) in [6.07, 6.45) is 0. The van der Waals surface area contributed by atoms with E-state index in [0.717, 1.165) is 5.56 Å². The van der Waals surface area contributed by atoms with Crippen molar-refractivity contribution in [1.82, 2.24) is 0 Å². The zero-order valence-corrected chi connectivity index (χ0v) is 10.5. The number of hydrogen-bond donors (Lipinski definition) is 1. The molecule has 0 amide bonds. The van der Waals surface area contributed by atoms with Gasteiger partial charge in [-0.3, -0.25) is 0 Å². The van der Waals surface area contributed by atoms with Crippen LogP contribution in [-0.2, 0) is 6.54 Å². The van der Waals surface area contributed by atoms with E-state index in [1.54, 1.807) is 18.2 Å². The zero-order chi connectivity index (χ0) is 12.4. The second-order valence-corrected chi connectivity index (χ2v) is 4.48. The smallest absolute Gasteiger partial charge is 0.148 e. The van der Waals surface area contributed by atoms with Crippen LogP contribution in [-0.4, -0.2) is 0 Å². The molecular weight excluding hydrogens is 288 g/mol. The molecule has 0 spiro atoms. The minimum Gasteiger partial charge on any atom is -0.326 e. The molecule has 0 saturated heterocycles. The number of benzene rings is 2. The number of hydrogen-bond acceptors (Lipinski definition) is 1. The summed E-state index contributed by atoms with van der Waals surface area (Å²) in [6.45, 7) is 0.338. The maximum atomic E-state index is 13.9. The van der Waals surface area contributed by atoms with E-state index in [4.69, 9.17) is 5.73 Å². The fourth-order valence-electron chi connectivity index (χ4n) is 1.65. The Morgan fingerprint density at radius 1 is 1.12 bits per heavy atom. The quantitative estimate of drug-likeness (QED) is 0.837. The van der Waals surface area contributed by atoms with Crippen LogP contribution in [0.1, 0.15) is 5.56 Å². The molecule has 0 aliphatic heterocycles. The van der Waals surface area contributed by atoms with Gasteiger partial charge in [-0.15, -0.1) is 0 Å². The van der Waals surface area contributed by atoms with Crippen molar-refractivity contribution in [2.24, 2.45) is 5.73 Å². The van der Waals surface area contributed by atoms with E-state index < -0.39 is 11.6 Å². The summed E-state index contributed by atoms with van der Waals surface area (Å²) in [7, 11) is 0. The van der Waals surface area contributed by atoms with Gasteiger partial charge in [-0.25, -0.2) is 8.78 Å². The van der Waals surface area contributed by atoms with Crippen molar-refractivity contribution in [2.75, 3.05) is 0 Å². The van der Waals surface area contributed by atoms with Crippen molar-refractivity contribution >= 4 is 15.9 Å². The normalized spacial score (nSPS) is 10.6. The largest absolute Gasteiger partial charge is 0.326 e. The predicted octanol–water partition coefficient (Wildman–Crippen LogP) is 3.85. The molecule has 2 rings (SSSR count). The topological polar surface area (TPSA) is 26.0 Å². The fraction of sp³-hybridized carbons (Fsp3) is 0.0769. The SMILES string of the molecule is NCc1cccc(-c2c(F)ccc(Br)c2F)c1. The molecular formula is C13H10BrF2N. The van der Waals surface area contributed by atoms with Crippen LogP contribution in [0.3, 0.4) is 0 Å². The fourth-order valence-corrected chi connectivity index (χ4v) is 1.98. The van der Waals surface area contributed by atoms with Crippen molar-refractivity contribution in [3.63, 3.8) is 0 Å². The minimum absolute atomic E-state index is 0.0327. The zero-order valence-electron chi connectivity index (χ0n) is 8.88. The van der Waals surface area contributed by atoms with E-state index in [-0.39, 0.29) is 10.0 Å². The van der Waals surface area contributed by atoms with Crippen LogP contribution < -0.4 is 5.73 Å². The van der Waals surface area contributed by atoms with Crippen LogP contribution >= 0.6 is 15.9 Å². The van der Waals surface area contributed by atoms with E-state index in [9.17, 15) is 8.78 Å². The van der Waals surface area contributed by atoms with Crippen LogP contribution in [0.25, 0.3) is 11.1 Å². The summed E-state index contributed by atoms with van der Waals surface area (Å²) < 4.78 is 27.8. The van der Waals surface area contributed by atoms with E-state index in [1.807, 2.05) is 6.07 Å². The third-order valence-corrected chi connectivity index (χ3v) is 3.11. The van der Waals surface area contributed by atoms with Gasteiger partial charge < -0.3 is 5.73 Å². The molecule has 0 bridgehead atoms.